The van der Waals surface area contributed by atoms with Crippen LogP contribution in [0.2, 0.25) is 0 Å². The number of esters is 2. The molecule has 1 fully saturated rings. The van der Waals surface area contributed by atoms with E-state index in [2.05, 4.69) is 5.32 Å². The van der Waals surface area contributed by atoms with Gasteiger partial charge in [0, 0.05) is 38.8 Å². The Morgan fingerprint density at radius 1 is 1.07 bits per heavy atom. The predicted octanol–water partition coefficient (Wildman–Crippen LogP) is 2.20. The summed E-state index contributed by atoms with van der Waals surface area (Å²) in [5.74, 6) is -2.33. The fourth-order valence-electron chi connectivity index (χ4n) is 2.81. The van der Waals surface area contributed by atoms with Gasteiger partial charge in [0.1, 0.15) is 12.4 Å². The third kappa shape index (κ3) is 3.60. The monoisotopic (exact) mass is 374 g/mol. The van der Waals surface area contributed by atoms with Gasteiger partial charge in [0.05, 0.1) is 11.1 Å². The summed E-state index contributed by atoms with van der Waals surface area (Å²) in [4.78, 5) is 38.0. The van der Waals surface area contributed by atoms with E-state index in [9.17, 15) is 14.4 Å². The molecule has 1 aromatic carbocycles. The van der Waals surface area contributed by atoms with Crippen LogP contribution in [-0.4, -0.2) is 37.3 Å². The average Bonchev–Trinajstić information content (AvgIpc) is 2.64. The molecule has 144 valence electrons. The largest absolute Gasteiger partial charge is 0.490 e. The number of fused-ring (bicyclic) bond motifs is 1. The maximum Gasteiger partial charge on any atom is 0.350 e. The van der Waals surface area contributed by atoms with Crippen molar-refractivity contribution in [2.75, 3.05) is 23.9 Å². The second-order valence-corrected chi connectivity index (χ2v) is 7.60. The predicted molar refractivity (Wildman–Crippen MR) is 97.1 cm³/mol. The molecule has 0 unspecified atom stereocenters. The SMILES string of the molecule is CN1C(=O)C(C)(C)COc2cc(NC=C3C(=O)OC(C)(C)OC3=O)ccc21. The lowest BCUT2D eigenvalue weighted by molar-refractivity contribution is -0.222. The maximum atomic E-state index is 12.5. The number of anilines is 2. The highest BCUT2D eigenvalue weighted by atomic mass is 16.7. The van der Waals surface area contributed by atoms with Gasteiger partial charge in [0.25, 0.3) is 5.79 Å². The Bertz CT molecular complexity index is 834. The summed E-state index contributed by atoms with van der Waals surface area (Å²) < 4.78 is 15.9. The van der Waals surface area contributed by atoms with Gasteiger partial charge >= 0.3 is 11.9 Å². The van der Waals surface area contributed by atoms with E-state index in [4.69, 9.17) is 14.2 Å². The average molecular weight is 374 g/mol. The van der Waals surface area contributed by atoms with Crippen LogP contribution in [0.3, 0.4) is 0 Å². The van der Waals surface area contributed by atoms with E-state index < -0.39 is 23.1 Å². The number of cyclic esters (lactones) is 2. The third-order valence-corrected chi connectivity index (χ3v) is 4.29. The van der Waals surface area contributed by atoms with Crippen molar-refractivity contribution in [1.29, 1.82) is 0 Å². The first-order chi connectivity index (χ1) is 12.5. The van der Waals surface area contributed by atoms with Gasteiger partial charge in [-0.15, -0.1) is 0 Å². The molecule has 0 atom stereocenters. The summed E-state index contributed by atoms with van der Waals surface area (Å²) in [5.41, 5.74) is 0.332. The Morgan fingerprint density at radius 2 is 1.70 bits per heavy atom. The normalized spacial score (nSPS) is 20.7. The van der Waals surface area contributed by atoms with Gasteiger partial charge in [-0.2, -0.15) is 0 Å². The fourth-order valence-corrected chi connectivity index (χ4v) is 2.81. The zero-order chi connectivity index (χ0) is 20.0. The summed E-state index contributed by atoms with van der Waals surface area (Å²) in [6, 6.07) is 5.14. The molecule has 8 nitrogen and oxygen atoms in total. The number of hydrogen-bond donors (Lipinski definition) is 1. The summed E-state index contributed by atoms with van der Waals surface area (Å²) >= 11 is 0. The van der Waals surface area contributed by atoms with E-state index in [0.29, 0.717) is 17.1 Å². The molecule has 2 aliphatic heterocycles. The van der Waals surface area contributed by atoms with Crippen molar-refractivity contribution in [2.24, 2.45) is 5.41 Å². The lowest BCUT2D eigenvalue weighted by Gasteiger charge is -2.29. The molecular formula is C19H22N2O6. The first-order valence-corrected chi connectivity index (χ1v) is 8.49. The molecule has 1 N–H and O–H groups in total. The summed E-state index contributed by atoms with van der Waals surface area (Å²) in [6.45, 7) is 6.85. The zero-order valence-electron chi connectivity index (χ0n) is 15.9. The number of ether oxygens (including phenoxy) is 3. The number of carbonyl (C=O) groups is 3. The third-order valence-electron chi connectivity index (χ3n) is 4.29. The highest BCUT2D eigenvalue weighted by Gasteiger charge is 2.39. The minimum Gasteiger partial charge on any atom is -0.490 e. The van der Waals surface area contributed by atoms with E-state index in [1.165, 1.54) is 20.0 Å². The molecule has 0 aromatic heterocycles. The second kappa shape index (κ2) is 6.29. The van der Waals surface area contributed by atoms with Crippen LogP contribution in [0.1, 0.15) is 27.7 Å². The number of amides is 1. The lowest BCUT2D eigenvalue weighted by Crippen LogP contribution is -2.42. The molecular weight excluding hydrogens is 352 g/mol. The van der Waals surface area contributed by atoms with Crippen LogP contribution >= 0.6 is 0 Å². The van der Waals surface area contributed by atoms with Gasteiger partial charge in [-0.25, -0.2) is 9.59 Å². The van der Waals surface area contributed by atoms with E-state index in [0.717, 1.165) is 0 Å². The minimum atomic E-state index is -1.28. The van der Waals surface area contributed by atoms with E-state index in [1.807, 2.05) is 13.8 Å². The Labute approximate surface area is 157 Å². The van der Waals surface area contributed by atoms with Crippen LogP contribution in [0, 0.1) is 5.41 Å². The van der Waals surface area contributed by atoms with Crippen molar-refractivity contribution in [2.45, 2.75) is 33.5 Å². The van der Waals surface area contributed by atoms with Crippen molar-refractivity contribution < 1.29 is 28.6 Å². The van der Waals surface area contributed by atoms with Crippen LogP contribution in [0.25, 0.3) is 0 Å². The summed E-state index contributed by atoms with van der Waals surface area (Å²) in [6.07, 6.45) is 1.23. The van der Waals surface area contributed by atoms with Crippen molar-refractivity contribution in [3.63, 3.8) is 0 Å². The van der Waals surface area contributed by atoms with Gasteiger partial charge in [-0.3, -0.25) is 4.79 Å². The Hall–Kier alpha value is -3.03. The lowest BCUT2D eigenvalue weighted by atomic mass is 9.93. The standard InChI is InChI=1S/C19H22N2O6/c1-18(2)10-25-14-8-11(6-7-13(14)21(5)17(18)24)20-9-12-15(22)26-19(3,4)27-16(12)23/h6-9,20H,10H2,1-5H3. The molecule has 3 rings (SSSR count). The highest BCUT2D eigenvalue weighted by molar-refractivity contribution is 6.15. The van der Waals surface area contributed by atoms with Crippen molar-refractivity contribution in [3.05, 3.63) is 30.0 Å². The molecule has 2 heterocycles. The first-order valence-electron chi connectivity index (χ1n) is 8.49. The first kappa shape index (κ1) is 18.8. The van der Waals surface area contributed by atoms with Gasteiger partial charge in [-0.1, -0.05) is 0 Å². The number of hydrogen-bond acceptors (Lipinski definition) is 7. The topological polar surface area (TPSA) is 94.2 Å². The van der Waals surface area contributed by atoms with Crippen LogP contribution in [-0.2, 0) is 23.9 Å². The van der Waals surface area contributed by atoms with E-state index in [1.54, 1.807) is 30.1 Å². The quantitative estimate of drug-likeness (QED) is 0.482. The molecule has 0 bridgehead atoms. The van der Waals surface area contributed by atoms with Crippen LogP contribution in [0.5, 0.6) is 5.75 Å². The van der Waals surface area contributed by atoms with Gasteiger partial charge in [0.2, 0.25) is 5.91 Å². The van der Waals surface area contributed by atoms with Gasteiger partial charge < -0.3 is 24.4 Å². The maximum absolute atomic E-state index is 12.5. The second-order valence-electron chi connectivity index (χ2n) is 7.60. The molecule has 8 heteroatoms. The summed E-state index contributed by atoms with van der Waals surface area (Å²) in [5, 5.41) is 2.87. The molecule has 1 aromatic rings. The number of nitrogens with zero attached hydrogens (tertiary/aromatic N) is 1. The van der Waals surface area contributed by atoms with Crippen molar-refractivity contribution >= 4 is 29.2 Å². The molecule has 0 spiro atoms. The Balaban J connectivity index is 1.83. The summed E-state index contributed by atoms with van der Waals surface area (Å²) in [7, 11) is 1.70. The number of rotatable bonds is 2. The molecule has 2 aliphatic rings. The molecule has 1 amide bonds. The smallest absolute Gasteiger partial charge is 0.350 e. The minimum absolute atomic E-state index is 0.0422. The molecule has 0 aliphatic carbocycles. The number of carbonyl (C=O) groups excluding carboxylic acids is 3. The van der Waals surface area contributed by atoms with Crippen LogP contribution in [0.4, 0.5) is 11.4 Å². The van der Waals surface area contributed by atoms with Crippen LogP contribution in [0.15, 0.2) is 30.0 Å². The van der Waals surface area contributed by atoms with E-state index in [-0.39, 0.29) is 18.1 Å². The molecule has 0 radical (unpaired) electrons. The molecule has 27 heavy (non-hydrogen) atoms. The molecule has 0 saturated carbocycles. The van der Waals surface area contributed by atoms with Crippen molar-refractivity contribution in [1.82, 2.24) is 0 Å². The Kier molecular flexibility index (Phi) is 4.37. The number of nitrogens with one attached hydrogen (secondary N) is 1. The Morgan fingerprint density at radius 3 is 2.33 bits per heavy atom. The van der Waals surface area contributed by atoms with Gasteiger partial charge in [-0.05, 0) is 26.0 Å². The van der Waals surface area contributed by atoms with Gasteiger partial charge in [0.15, 0.2) is 5.57 Å². The van der Waals surface area contributed by atoms with Crippen molar-refractivity contribution in [3.8, 4) is 5.75 Å². The van der Waals surface area contributed by atoms with E-state index >= 15 is 0 Å². The highest BCUT2D eigenvalue weighted by Crippen LogP contribution is 2.37. The van der Waals surface area contributed by atoms with Crippen LogP contribution < -0.4 is 15.0 Å². The number of benzene rings is 1. The zero-order valence-corrected chi connectivity index (χ0v) is 15.9. The fraction of sp³-hybridized carbons (Fsp3) is 0.421. The molecule has 1 saturated heterocycles.